The Morgan fingerprint density at radius 1 is 1.03 bits per heavy atom. The highest BCUT2D eigenvalue weighted by Gasteiger charge is 2.19. The molecule has 2 heterocycles. The van der Waals surface area contributed by atoms with Crippen molar-refractivity contribution in [1.29, 1.82) is 0 Å². The van der Waals surface area contributed by atoms with E-state index < -0.39 is 6.10 Å². The van der Waals surface area contributed by atoms with Crippen LogP contribution in [-0.2, 0) is 0 Å². The van der Waals surface area contributed by atoms with E-state index in [1.54, 1.807) is 12.1 Å². The molecule has 0 spiro atoms. The molecular weight excluding hydrogens is 365 g/mol. The number of benzene rings is 2. The number of halogens is 1. The first-order valence-corrected chi connectivity index (χ1v) is 10.4. The Balaban J connectivity index is 1.27. The zero-order chi connectivity index (χ0) is 20.2. The number of piperazine rings is 1. The zero-order valence-electron chi connectivity index (χ0n) is 16.9. The molecule has 1 aliphatic heterocycles. The Kier molecular flexibility index (Phi) is 6.07. The van der Waals surface area contributed by atoms with E-state index in [9.17, 15) is 9.50 Å². The van der Waals surface area contributed by atoms with Crippen LogP contribution in [-0.4, -0.2) is 47.7 Å². The summed E-state index contributed by atoms with van der Waals surface area (Å²) in [4.78, 5) is 9.67. The summed E-state index contributed by atoms with van der Waals surface area (Å²) < 4.78 is 13.0. The molecule has 1 fully saturated rings. The highest BCUT2D eigenvalue weighted by atomic mass is 19.1. The molecule has 29 heavy (non-hydrogen) atoms. The largest absolute Gasteiger partial charge is 0.388 e. The van der Waals surface area contributed by atoms with Gasteiger partial charge in [0.05, 0.1) is 11.6 Å². The molecule has 1 aliphatic rings. The molecule has 4 nitrogen and oxygen atoms in total. The van der Waals surface area contributed by atoms with Crippen molar-refractivity contribution in [2.45, 2.75) is 25.9 Å². The number of hydrogen-bond donors (Lipinski definition) is 1. The minimum Gasteiger partial charge on any atom is -0.388 e. The number of nitrogens with zero attached hydrogens (tertiary/aromatic N) is 3. The van der Waals surface area contributed by atoms with E-state index >= 15 is 0 Å². The molecule has 0 amide bonds. The SMILES string of the molecule is Cc1cc(N2CCN(CCCC(O)c3ccc(F)cc3)CC2)nc2ccccc12. The Bertz CT molecular complexity index is 952. The molecule has 1 N–H and O–H groups in total. The normalized spacial score (nSPS) is 16.3. The van der Waals surface area contributed by atoms with Crippen molar-refractivity contribution in [3.63, 3.8) is 0 Å². The van der Waals surface area contributed by atoms with Crippen LogP contribution in [0, 0.1) is 12.7 Å². The van der Waals surface area contributed by atoms with Gasteiger partial charge in [-0.2, -0.15) is 0 Å². The summed E-state index contributed by atoms with van der Waals surface area (Å²) in [6.07, 6.45) is 1.09. The van der Waals surface area contributed by atoms with E-state index in [0.29, 0.717) is 6.42 Å². The first-order valence-electron chi connectivity index (χ1n) is 10.4. The second kappa shape index (κ2) is 8.89. The lowest BCUT2D eigenvalue weighted by molar-refractivity contribution is 0.154. The van der Waals surface area contributed by atoms with Crippen LogP contribution in [0.15, 0.2) is 54.6 Å². The third-order valence-electron chi connectivity index (χ3n) is 5.81. The van der Waals surface area contributed by atoms with Crippen LogP contribution in [0.4, 0.5) is 10.2 Å². The molecule has 0 aliphatic carbocycles. The van der Waals surface area contributed by atoms with Gasteiger partial charge in [0.1, 0.15) is 11.6 Å². The van der Waals surface area contributed by atoms with Gasteiger partial charge < -0.3 is 10.0 Å². The molecule has 0 saturated carbocycles. The van der Waals surface area contributed by atoms with E-state index in [1.165, 1.54) is 23.1 Å². The van der Waals surface area contributed by atoms with Crippen LogP contribution in [0.2, 0.25) is 0 Å². The lowest BCUT2D eigenvalue weighted by Gasteiger charge is -2.35. The molecule has 0 radical (unpaired) electrons. The smallest absolute Gasteiger partial charge is 0.129 e. The van der Waals surface area contributed by atoms with Crippen LogP contribution in [0.1, 0.15) is 30.1 Å². The number of pyridine rings is 1. The Morgan fingerprint density at radius 2 is 1.76 bits per heavy atom. The minimum absolute atomic E-state index is 0.269. The summed E-state index contributed by atoms with van der Waals surface area (Å²) >= 11 is 0. The number of aryl methyl sites for hydroxylation is 1. The van der Waals surface area contributed by atoms with E-state index in [1.807, 2.05) is 6.07 Å². The monoisotopic (exact) mass is 393 g/mol. The van der Waals surface area contributed by atoms with E-state index in [4.69, 9.17) is 4.98 Å². The molecule has 4 rings (SSSR count). The molecular formula is C24H28FN3O. The molecule has 1 aromatic heterocycles. The van der Waals surface area contributed by atoms with Crippen molar-refractivity contribution < 1.29 is 9.50 Å². The summed E-state index contributed by atoms with van der Waals surface area (Å²) in [5, 5.41) is 11.5. The molecule has 2 aromatic carbocycles. The second-order valence-electron chi connectivity index (χ2n) is 7.85. The highest BCUT2D eigenvalue weighted by Crippen LogP contribution is 2.23. The quantitative estimate of drug-likeness (QED) is 0.677. The number of aromatic nitrogens is 1. The maximum atomic E-state index is 13.0. The second-order valence-corrected chi connectivity index (χ2v) is 7.85. The summed E-state index contributed by atoms with van der Waals surface area (Å²) in [6, 6.07) is 16.6. The average molecular weight is 394 g/mol. The van der Waals surface area contributed by atoms with Gasteiger partial charge in [0.2, 0.25) is 0 Å². The number of fused-ring (bicyclic) bond motifs is 1. The topological polar surface area (TPSA) is 39.6 Å². The summed E-state index contributed by atoms with van der Waals surface area (Å²) in [5.74, 6) is 0.794. The molecule has 1 saturated heterocycles. The fraction of sp³-hybridized carbons (Fsp3) is 0.375. The summed E-state index contributed by atoms with van der Waals surface area (Å²) in [5.41, 5.74) is 3.11. The van der Waals surface area contributed by atoms with E-state index in [-0.39, 0.29) is 5.82 Å². The van der Waals surface area contributed by atoms with Crippen molar-refractivity contribution in [2.24, 2.45) is 0 Å². The Labute approximate surface area is 171 Å². The van der Waals surface area contributed by atoms with Crippen LogP contribution in [0.25, 0.3) is 10.9 Å². The Morgan fingerprint density at radius 3 is 2.52 bits per heavy atom. The lowest BCUT2D eigenvalue weighted by Crippen LogP contribution is -2.47. The third kappa shape index (κ3) is 4.74. The number of rotatable bonds is 6. The van der Waals surface area contributed by atoms with Gasteiger partial charge in [-0.15, -0.1) is 0 Å². The molecule has 152 valence electrons. The summed E-state index contributed by atoms with van der Waals surface area (Å²) in [7, 11) is 0. The van der Waals surface area contributed by atoms with E-state index in [2.05, 4.69) is 41.0 Å². The number of para-hydroxylation sites is 1. The van der Waals surface area contributed by atoms with Crippen molar-refractivity contribution in [3.8, 4) is 0 Å². The third-order valence-corrected chi connectivity index (χ3v) is 5.81. The number of aliphatic hydroxyl groups is 1. The van der Waals surface area contributed by atoms with Gasteiger partial charge in [-0.25, -0.2) is 9.37 Å². The van der Waals surface area contributed by atoms with Crippen molar-refractivity contribution in [1.82, 2.24) is 9.88 Å². The van der Waals surface area contributed by atoms with E-state index in [0.717, 1.165) is 56.0 Å². The van der Waals surface area contributed by atoms with Crippen molar-refractivity contribution >= 4 is 16.7 Å². The first kappa shape index (κ1) is 19.8. The van der Waals surface area contributed by atoms with Gasteiger partial charge in [-0.3, -0.25) is 4.90 Å². The Hall–Kier alpha value is -2.50. The molecule has 5 heteroatoms. The molecule has 1 atom stereocenters. The van der Waals surface area contributed by atoms with Crippen LogP contribution < -0.4 is 4.90 Å². The fourth-order valence-corrected chi connectivity index (χ4v) is 4.05. The van der Waals surface area contributed by atoms with Crippen LogP contribution >= 0.6 is 0 Å². The number of aliphatic hydroxyl groups excluding tert-OH is 1. The number of anilines is 1. The maximum Gasteiger partial charge on any atom is 0.129 e. The van der Waals surface area contributed by atoms with Crippen LogP contribution in [0.5, 0.6) is 0 Å². The highest BCUT2D eigenvalue weighted by molar-refractivity contribution is 5.83. The van der Waals surface area contributed by atoms with Gasteiger partial charge >= 0.3 is 0 Å². The fourth-order valence-electron chi connectivity index (χ4n) is 4.05. The average Bonchev–Trinajstić information content (AvgIpc) is 2.74. The van der Waals surface area contributed by atoms with Gasteiger partial charge in [-0.1, -0.05) is 30.3 Å². The predicted molar refractivity (Wildman–Crippen MR) is 116 cm³/mol. The van der Waals surface area contributed by atoms with Gasteiger partial charge in [-0.05, 0) is 61.7 Å². The number of hydrogen-bond acceptors (Lipinski definition) is 4. The van der Waals surface area contributed by atoms with Gasteiger partial charge in [0, 0.05) is 31.6 Å². The van der Waals surface area contributed by atoms with Gasteiger partial charge in [0.15, 0.2) is 0 Å². The zero-order valence-corrected chi connectivity index (χ0v) is 16.9. The molecule has 0 bridgehead atoms. The minimum atomic E-state index is -0.526. The van der Waals surface area contributed by atoms with Gasteiger partial charge in [0.25, 0.3) is 0 Å². The van der Waals surface area contributed by atoms with Crippen LogP contribution in [0.3, 0.4) is 0 Å². The van der Waals surface area contributed by atoms with Crippen molar-refractivity contribution in [2.75, 3.05) is 37.6 Å². The first-order chi connectivity index (χ1) is 14.1. The molecule has 3 aromatic rings. The maximum absolute atomic E-state index is 13.0. The van der Waals surface area contributed by atoms with Crippen molar-refractivity contribution in [3.05, 3.63) is 71.5 Å². The molecule has 1 unspecified atom stereocenters. The summed E-state index contributed by atoms with van der Waals surface area (Å²) in [6.45, 7) is 7.05. The predicted octanol–water partition coefficient (Wildman–Crippen LogP) is 4.32. The lowest BCUT2D eigenvalue weighted by atomic mass is 10.0. The standard InChI is InChI=1S/C24H28FN3O/c1-18-17-24(26-22-6-3-2-5-21(18)22)28-15-13-27(14-16-28)12-4-7-23(29)19-8-10-20(25)11-9-19/h2-3,5-6,8-11,17,23,29H,4,7,12-16H2,1H3.